The molecule has 1 N–H and O–H groups in total. The van der Waals surface area contributed by atoms with Crippen LogP contribution in [0.3, 0.4) is 0 Å². The summed E-state index contributed by atoms with van der Waals surface area (Å²) in [5, 5.41) is 10.4. The number of rotatable bonds is 3. The van der Waals surface area contributed by atoms with Gasteiger partial charge >= 0.3 is 0 Å². The van der Waals surface area contributed by atoms with E-state index in [1.165, 1.54) is 5.56 Å². The summed E-state index contributed by atoms with van der Waals surface area (Å²) < 4.78 is 0. The van der Waals surface area contributed by atoms with Crippen molar-refractivity contribution in [2.45, 2.75) is 26.9 Å². The van der Waals surface area contributed by atoms with Gasteiger partial charge in [-0.3, -0.25) is 9.69 Å². The van der Waals surface area contributed by atoms with E-state index in [0.29, 0.717) is 6.54 Å². The second-order valence-electron chi connectivity index (χ2n) is 5.68. The molecule has 2 rings (SSSR count). The van der Waals surface area contributed by atoms with Crippen molar-refractivity contribution in [3.63, 3.8) is 0 Å². The number of hydrogen-bond donors (Lipinski definition) is 1. The first-order chi connectivity index (χ1) is 9.47. The number of β-amino-alcohol motifs (C(OH)–C–C–N with tert-alkyl or cyclic N) is 1. The third kappa shape index (κ3) is 3.58. The fraction of sp³-hybridized carbons (Fsp3) is 0.562. The van der Waals surface area contributed by atoms with Gasteiger partial charge in [0.25, 0.3) is 0 Å². The molecule has 1 aliphatic heterocycles. The summed E-state index contributed by atoms with van der Waals surface area (Å²) in [4.78, 5) is 15.4. The van der Waals surface area contributed by atoms with Gasteiger partial charge in [0.15, 0.2) is 0 Å². The Morgan fingerprint density at radius 1 is 1.25 bits per heavy atom. The van der Waals surface area contributed by atoms with Gasteiger partial charge in [0.2, 0.25) is 5.91 Å². The summed E-state index contributed by atoms with van der Waals surface area (Å²) in [5.41, 5.74) is 3.32. The Morgan fingerprint density at radius 3 is 2.50 bits per heavy atom. The summed E-state index contributed by atoms with van der Waals surface area (Å²) >= 11 is 0. The zero-order valence-corrected chi connectivity index (χ0v) is 12.6. The number of aliphatic hydroxyl groups is 1. The first kappa shape index (κ1) is 15.0. The van der Waals surface area contributed by atoms with Crippen molar-refractivity contribution in [3.8, 4) is 0 Å². The number of nitrogens with zero attached hydrogens (tertiary/aromatic N) is 2. The number of amides is 1. The number of carbonyl (C=O) groups excluding carboxylic acids is 1. The van der Waals surface area contributed by atoms with Gasteiger partial charge < -0.3 is 10.0 Å². The van der Waals surface area contributed by atoms with Crippen LogP contribution in [0.4, 0.5) is 0 Å². The van der Waals surface area contributed by atoms with Crippen LogP contribution in [0.15, 0.2) is 18.2 Å². The number of piperazine rings is 1. The van der Waals surface area contributed by atoms with Gasteiger partial charge in [-0.05, 0) is 25.0 Å². The fourth-order valence-corrected chi connectivity index (χ4v) is 2.71. The van der Waals surface area contributed by atoms with Crippen LogP contribution in [0.1, 0.15) is 29.7 Å². The van der Waals surface area contributed by atoms with Gasteiger partial charge in [0, 0.05) is 39.6 Å². The molecule has 4 nitrogen and oxygen atoms in total. The summed E-state index contributed by atoms with van der Waals surface area (Å²) in [6.07, 6.45) is -0.459. The highest BCUT2D eigenvalue weighted by Gasteiger charge is 2.21. The van der Waals surface area contributed by atoms with Gasteiger partial charge in [-0.25, -0.2) is 0 Å². The van der Waals surface area contributed by atoms with Crippen LogP contribution in [0.5, 0.6) is 0 Å². The largest absolute Gasteiger partial charge is 0.387 e. The molecule has 0 saturated carbocycles. The van der Waals surface area contributed by atoms with E-state index < -0.39 is 6.10 Å². The van der Waals surface area contributed by atoms with Crippen molar-refractivity contribution >= 4 is 5.91 Å². The minimum absolute atomic E-state index is 0.139. The molecule has 1 amide bonds. The van der Waals surface area contributed by atoms with E-state index in [-0.39, 0.29) is 5.91 Å². The third-order valence-electron chi connectivity index (χ3n) is 4.04. The summed E-state index contributed by atoms with van der Waals surface area (Å²) in [7, 11) is 0. The van der Waals surface area contributed by atoms with Crippen LogP contribution in [0, 0.1) is 13.8 Å². The molecule has 0 aromatic heterocycles. The van der Waals surface area contributed by atoms with Crippen LogP contribution in [-0.4, -0.2) is 53.5 Å². The van der Waals surface area contributed by atoms with Crippen molar-refractivity contribution in [2.24, 2.45) is 0 Å². The Hall–Kier alpha value is -1.39. The maximum Gasteiger partial charge on any atom is 0.219 e. The van der Waals surface area contributed by atoms with E-state index in [1.54, 1.807) is 6.92 Å². The molecule has 1 saturated heterocycles. The average Bonchev–Trinajstić information content (AvgIpc) is 2.42. The van der Waals surface area contributed by atoms with E-state index in [9.17, 15) is 9.90 Å². The predicted molar refractivity (Wildman–Crippen MR) is 79.6 cm³/mol. The molecule has 4 heteroatoms. The second-order valence-corrected chi connectivity index (χ2v) is 5.68. The number of hydrogen-bond acceptors (Lipinski definition) is 3. The minimum Gasteiger partial charge on any atom is -0.387 e. The van der Waals surface area contributed by atoms with Crippen LogP contribution < -0.4 is 0 Å². The zero-order valence-electron chi connectivity index (χ0n) is 12.6. The topological polar surface area (TPSA) is 43.8 Å². The number of carbonyl (C=O) groups is 1. The monoisotopic (exact) mass is 276 g/mol. The van der Waals surface area contributed by atoms with Gasteiger partial charge in [0.1, 0.15) is 0 Å². The third-order valence-corrected chi connectivity index (χ3v) is 4.04. The van der Waals surface area contributed by atoms with Crippen molar-refractivity contribution in [2.75, 3.05) is 32.7 Å². The second kappa shape index (κ2) is 6.37. The molecule has 1 aliphatic rings. The van der Waals surface area contributed by atoms with Crippen molar-refractivity contribution < 1.29 is 9.90 Å². The molecular formula is C16H24N2O2. The first-order valence-corrected chi connectivity index (χ1v) is 7.20. The average molecular weight is 276 g/mol. The van der Waals surface area contributed by atoms with E-state index in [2.05, 4.69) is 23.1 Å². The minimum atomic E-state index is -0.459. The number of benzene rings is 1. The number of aryl methyl sites for hydroxylation is 2. The summed E-state index contributed by atoms with van der Waals surface area (Å²) in [5.74, 6) is 0.139. The SMILES string of the molecule is CC(=O)N1CCN(CC(O)c2cc(C)ccc2C)CC1. The van der Waals surface area contributed by atoms with Gasteiger partial charge in [0.05, 0.1) is 6.10 Å². The van der Waals surface area contributed by atoms with E-state index in [1.807, 2.05) is 18.7 Å². The van der Waals surface area contributed by atoms with Crippen molar-refractivity contribution in [1.82, 2.24) is 9.80 Å². The standard InChI is InChI=1S/C16H24N2O2/c1-12-4-5-13(2)15(10-12)16(20)11-17-6-8-18(9-7-17)14(3)19/h4-5,10,16,20H,6-9,11H2,1-3H3. The lowest BCUT2D eigenvalue weighted by molar-refractivity contribution is -0.130. The van der Waals surface area contributed by atoms with Crippen LogP contribution in [-0.2, 0) is 4.79 Å². The van der Waals surface area contributed by atoms with Crippen LogP contribution >= 0.6 is 0 Å². The molecule has 0 spiro atoms. The highest BCUT2D eigenvalue weighted by atomic mass is 16.3. The van der Waals surface area contributed by atoms with E-state index in [0.717, 1.165) is 37.3 Å². The van der Waals surface area contributed by atoms with Crippen molar-refractivity contribution in [1.29, 1.82) is 0 Å². The van der Waals surface area contributed by atoms with Gasteiger partial charge in [-0.1, -0.05) is 23.8 Å². The lowest BCUT2D eigenvalue weighted by atomic mass is 10.0. The van der Waals surface area contributed by atoms with E-state index >= 15 is 0 Å². The summed E-state index contributed by atoms with van der Waals surface area (Å²) in [6, 6.07) is 6.19. The molecule has 1 fully saturated rings. The first-order valence-electron chi connectivity index (χ1n) is 7.20. The lowest BCUT2D eigenvalue weighted by Crippen LogP contribution is -2.49. The highest BCUT2D eigenvalue weighted by Crippen LogP contribution is 2.20. The molecule has 110 valence electrons. The lowest BCUT2D eigenvalue weighted by Gasteiger charge is -2.35. The van der Waals surface area contributed by atoms with Crippen LogP contribution in [0.2, 0.25) is 0 Å². The fourth-order valence-electron chi connectivity index (χ4n) is 2.71. The molecule has 0 bridgehead atoms. The normalized spacial score (nSPS) is 18.1. The Balaban J connectivity index is 1.94. The maximum absolute atomic E-state index is 11.3. The predicted octanol–water partition coefficient (Wildman–Crippen LogP) is 1.50. The molecule has 1 aromatic carbocycles. The van der Waals surface area contributed by atoms with Gasteiger partial charge in [-0.15, -0.1) is 0 Å². The Morgan fingerprint density at radius 2 is 1.90 bits per heavy atom. The molecule has 1 unspecified atom stereocenters. The Kier molecular flexibility index (Phi) is 4.78. The van der Waals surface area contributed by atoms with Crippen LogP contribution in [0.25, 0.3) is 0 Å². The summed E-state index contributed by atoms with van der Waals surface area (Å²) in [6.45, 7) is 9.51. The molecule has 0 radical (unpaired) electrons. The zero-order chi connectivity index (χ0) is 14.7. The smallest absolute Gasteiger partial charge is 0.219 e. The molecule has 1 heterocycles. The van der Waals surface area contributed by atoms with Gasteiger partial charge in [-0.2, -0.15) is 0 Å². The molecule has 1 atom stereocenters. The molecule has 0 aliphatic carbocycles. The quantitative estimate of drug-likeness (QED) is 0.910. The maximum atomic E-state index is 11.3. The molecule has 1 aromatic rings. The Bertz CT molecular complexity index is 479. The molecule has 20 heavy (non-hydrogen) atoms. The van der Waals surface area contributed by atoms with Crippen molar-refractivity contribution in [3.05, 3.63) is 34.9 Å². The number of aliphatic hydroxyl groups excluding tert-OH is 1. The molecular weight excluding hydrogens is 252 g/mol. The van der Waals surface area contributed by atoms with E-state index in [4.69, 9.17) is 0 Å². The Labute approximate surface area is 121 Å². The highest BCUT2D eigenvalue weighted by molar-refractivity contribution is 5.73.